The molecular weight excluding hydrogens is 402 g/mol. The van der Waals surface area contributed by atoms with Gasteiger partial charge in [0, 0.05) is 6.54 Å². The highest BCUT2D eigenvalue weighted by atomic mass is 35.5. The van der Waals surface area contributed by atoms with Crippen molar-refractivity contribution in [3.63, 3.8) is 0 Å². The van der Waals surface area contributed by atoms with E-state index in [4.69, 9.17) is 16.3 Å². The molecule has 156 valence electrons. The minimum absolute atomic E-state index is 0.185. The van der Waals surface area contributed by atoms with Crippen LogP contribution in [0.25, 0.3) is 0 Å². The van der Waals surface area contributed by atoms with Gasteiger partial charge in [-0.1, -0.05) is 72.3 Å². The fourth-order valence-corrected chi connectivity index (χ4v) is 3.38. The molecule has 0 aliphatic carbocycles. The van der Waals surface area contributed by atoms with Gasteiger partial charge in [0.05, 0.1) is 12.2 Å². The van der Waals surface area contributed by atoms with Gasteiger partial charge in [0.15, 0.2) is 6.61 Å². The number of carbonyl (C=O) groups is 2. The van der Waals surface area contributed by atoms with Crippen LogP contribution >= 0.6 is 11.6 Å². The Morgan fingerprint density at radius 3 is 2.33 bits per heavy atom. The molecule has 1 aromatic heterocycles. The monoisotopic (exact) mass is 425 g/mol. The second kappa shape index (κ2) is 10.6. The lowest BCUT2D eigenvalue weighted by Crippen LogP contribution is -2.30. The fraction of sp³-hybridized carbons (Fsp3) is 0.261. The Morgan fingerprint density at radius 1 is 1.03 bits per heavy atom. The third-order valence-corrected chi connectivity index (χ3v) is 4.97. The summed E-state index contributed by atoms with van der Waals surface area (Å²) in [4.78, 5) is 24.4. The normalized spacial score (nSPS) is 10.6. The highest BCUT2D eigenvalue weighted by molar-refractivity contribution is 6.32. The second-order valence-electron chi connectivity index (χ2n) is 6.91. The fourth-order valence-electron chi connectivity index (χ4n) is 3.07. The van der Waals surface area contributed by atoms with Crippen LogP contribution < -0.4 is 5.32 Å². The number of halogens is 1. The lowest BCUT2D eigenvalue weighted by atomic mass is 10.1. The van der Waals surface area contributed by atoms with Crippen molar-refractivity contribution in [1.82, 2.24) is 15.1 Å². The lowest BCUT2D eigenvalue weighted by Gasteiger charge is -2.07. The summed E-state index contributed by atoms with van der Waals surface area (Å²) >= 11 is 6.35. The van der Waals surface area contributed by atoms with Gasteiger partial charge in [-0.3, -0.25) is 4.79 Å². The predicted molar refractivity (Wildman–Crippen MR) is 116 cm³/mol. The maximum atomic E-state index is 12.4. The molecular formula is C23H24ClN3O3. The Bertz CT molecular complexity index is 988. The first-order valence-electron chi connectivity index (χ1n) is 9.79. The zero-order valence-electron chi connectivity index (χ0n) is 16.8. The summed E-state index contributed by atoms with van der Waals surface area (Å²) in [5.41, 5.74) is 2.88. The number of amides is 1. The van der Waals surface area contributed by atoms with E-state index >= 15 is 0 Å². The summed E-state index contributed by atoms with van der Waals surface area (Å²) in [7, 11) is 0. The zero-order valence-corrected chi connectivity index (χ0v) is 17.6. The number of nitrogens with one attached hydrogen (secondary N) is 1. The molecule has 7 heteroatoms. The molecule has 1 heterocycles. The van der Waals surface area contributed by atoms with Gasteiger partial charge in [-0.2, -0.15) is 5.10 Å². The molecule has 3 rings (SSSR count). The summed E-state index contributed by atoms with van der Waals surface area (Å²) < 4.78 is 6.69. The molecule has 0 unspecified atom stereocenters. The van der Waals surface area contributed by atoms with E-state index in [-0.39, 0.29) is 23.2 Å². The average Bonchev–Trinajstić information content (AvgIpc) is 3.04. The zero-order chi connectivity index (χ0) is 21.3. The van der Waals surface area contributed by atoms with Gasteiger partial charge in [0.25, 0.3) is 5.91 Å². The average molecular weight is 426 g/mol. The van der Waals surface area contributed by atoms with Crippen molar-refractivity contribution < 1.29 is 14.3 Å². The number of esters is 1. The molecule has 1 N–H and O–H groups in total. The van der Waals surface area contributed by atoms with Gasteiger partial charge >= 0.3 is 5.97 Å². The minimum Gasteiger partial charge on any atom is -0.452 e. The van der Waals surface area contributed by atoms with Crippen LogP contribution in [0, 0.1) is 6.92 Å². The molecule has 30 heavy (non-hydrogen) atoms. The number of nitrogens with zero attached hydrogens (tertiary/aromatic N) is 2. The van der Waals surface area contributed by atoms with Gasteiger partial charge in [-0.25, -0.2) is 9.48 Å². The Balaban J connectivity index is 1.46. The first-order chi connectivity index (χ1) is 14.5. The van der Waals surface area contributed by atoms with Gasteiger partial charge < -0.3 is 10.1 Å². The third-order valence-electron chi connectivity index (χ3n) is 4.59. The quantitative estimate of drug-likeness (QED) is 0.418. The van der Waals surface area contributed by atoms with Crippen LogP contribution in [0.15, 0.2) is 60.7 Å². The standard InChI is InChI=1S/C23H24ClN3O3/c1-17-21(22(24)27(26-17)15-19-11-6-3-7-12-19)23(29)30-16-20(28)25-14-8-13-18-9-4-2-5-10-18/h2-7,9-12H,8,13-16H2,1H3,(H,25,28). The number of aromatic nitrogens is 2. The molecule has 0 radical (unpaired) electrons. The van der Waals surface area contributed by atoms with Crippen molar-refractivity contribution in [3.05, 3.63) is 88.2 Å². The van der Waals surface area contributed by atoms with Crippen molar-refractivity contribution in [3.8, 4) is 0 Å². The molecule has 0 bridgehead atoms. The summed E-state index contributed by atoms with van der Waals surface area (Å²) in [5, 5.41) is 7.28. The van der Waals surface area contributed by atoms with Crippen LogP contribution in [-0.4, -0.2) is 34.8 Å². The van der Waals surface area contributed by atoms with Crippen molar-refractivity contribution >= 4 is 23.5 Å². The molecule has 0 saturated heterocycles. The molecule has 6 nitrogen and oxygen atoms in total. The molecule has 3 aromatic rings. The number of benzene rings is 2. The Morgan fingerprint density at radius 2 is 1.67 bits per heavy atom. The highest BCUT2D eigenvalue weighted by Crippen LogP contribution is 2.21. The Labute approximate surface area is 180 Å². The number of ether oxygens (including phenoxy) is 1. The van der Waals surface area contributed by atoms with Crippen molar-refractivity contribution in [2.24, 2.45) is 0 Å². The van der Waals surface area contributed by atoms with Crippen molar-refractivity contribution in [1.29, 1.82) is 0 Å². The van der Waals surface area contributed by atoms with E-state index in [1.165, 1.54) is 5.56 Å². The number of rotatable bonds is 9. The van der Waals surface area contributed by atoms with E-state index in [2.05, 4.69) is 10.4 Å². The minimum atomic E-state index is -0.656. The first kappa shape index (κ1) is 21.6. The number of hydrogen-bond donors (Lipinski definition) is 1. The van der Waals surface area contributed by atoms with Crippen LogP contribution in [0.1, 0.15) is 33.6 Å². The van der Waals surface area contributed by atoms with Gasteiger partial charge in [-0.15, -0.1) is 0 Å². The van der Waals surface area contributed by atoms with Crippen LogP contribution in [-0.2, 0) is 22.5 Å². The number of carbonyl (C=O) groups excluding carboxylic acids is 2. The van der Waals surface area contributed by atoms with E-state index in [0.29, 0.717) is 18.8 Å². The van der Waals surface area contributed by atoms with E-state index in [1.807, 2.05) is 60.7 Å². The smallest absolute Gasteiger partial charge is 0.343 e. The maximum absolute atomic E-state index is 12.4. The number of hydrogen-bond acceptors (Lipinski definition) is 4. The largest absolute Gasteiger partial charge is 0.452 e. The molecule has 1 amide bonds. The maximum Gasteiger partial charge on any atom is 0.343 e. The van der Waals surface area contributed by atoms with Crippen molar-refractivity contribution in [2.75, 3.05) is 13.2 Å². The van der Waals surface area contributed by atoms with E-state index < -0.39 is 5.97 Å². The molecule has 0 fully saturated rings. The third kappa shape index (κ3) is 5.94. The summed E-state index contributed by atoms with van der Waals surface area (Å²) in [5.74, 6) is -1.00. The topological polar surface area (TPSA) is 73.2 Å². The van der Waals surface area contributed by atoms with Gasteiger partial charge in [-0.05, 0) is 30.9 Å². The molecule has 0 saturated carbocycles. The van der Waals surface area contributed by atoms with Crippen LogP contribution in [0.4, 0.5) is 0 Å². The summed E-state index contributed by atoms with van der Waals surface area (Å²) in [6, 6.07) is 19.7. The van der Waals surface area contributed by atoms with E-state index in [1.54, 1.807) is 11.6 Å². The van der Waals surface area contributed by atoms with Crippen LogP contribution in [0.5, 0.6) is 0 Å². The number of aryl methyl sites for hydroxylation is 2. The molecule has 2 aromatic carbocycles. The molecule has 0 spiro atoms. The lowest BCUT2D eigenvalue weighted by molar-refractivity contribution is -0.124. The van der Waals surface area contributed by atoms with E-state index in [9.17, 15) is 9.59 Å². The van der Waals surface area contributed by atoms with Gasteiger partial charge in [0.2, 0.25) is 0 Å². The predicted octanol–water partition coefficient (Wildman–Crippen LogP) is 3.80. The summed E-state index contributed by atoms with van der Waals surface area (Å²) in [6.07, 6.45) is 1.68. The summed E-state index contributed by atoms with van der Waals surface area (Å²) in [6.45, 7) is 2.28. The van der Waals surface area contributed by atoms with Crippen LogP contribution in [0.3, 0.4) is 0 Å². The van der Waals surface area contributed by atoms with E-state index in [0.717, 1.165) is 18.4 Å². The highest BCUT2D eigenvalue weighted by Gasteiger charge is 2.22. The Kier molecular flexibility index (Phi) is 7.63. The van der Waals surface area contributed by atoms with Gasteiger partial charge in [0.1, 0.15) is 10.7 Å². The van der Waals surface area contributed by atoms with Crippen LogP contribution in [0.2, 0.25) is 5.15 Å². The molecule has 0 aliphatic rings. The second-order valence-corrected chi connectivity index (χ2v) is 7.27. The molecule has 0 atom stereocenters. The first-order valence-corrected chi connectivity index (χ1v) is 10.2. The SMILES string of the molecule is Cc1nn(Cc2ccccc2)c(Cl)c1C(=O)OCC(=O)NCCCc1ccccc1. The Hall–Kier alpha value is -3.12. The molecule has 0 aliphatic heterocycles. The van der Waals surface area contributed by atoms with Crippen molar-refractivity contribution in [2.45, 2.75) is 26.3 Å².